The van der Waals surface area contributed by atoms with E-state index in [1.165, 1.54) is 5.56 Å². The van der Waals surface area contributed by atoms with Crippen molar-refractivity contribution in [2.24, 2.45) is 0 Å². The molecule has 192 valence electrons. The van der Waals surface area contributed by atoms with Crippen molar-refractivity contribution in [1.82, 2.24) is 5.32 Å². The van der Waals surface area contributed by atoms with E-state index in [1.54, 1.807) is 54.6 Å². The molecule has 0 radical (unpaired) electrons. The molecule has 8 heteroatoms. The van der Waals surface area contributed by atoms with Crippen molar-refractivity contribution in [2.75, 3.05) is 23.8 Å². The average Bonchev–Trinajstić information content (AvgIpc) is 2.93. The molecular weight excluding hydrogens is 498 g/mol. The molecule has 0 aliphatic carbocycles. The highest BCUT2D eigenvalue weighted by Gasteiger charge is 2.10. The molecule has 0 aliphatic rings. The second-order valence-electron chi connectivity index (χ2n) is 8.25. The molecule has 0 bridgehead atoms. The third-order valence-electron chi connectivity index (χ3n) is 5.34. The number of carbonyl (C=O) groups is 2. The Morgan fingerprint density at radius 2 is 1.34 bits per heavy atom. The van der Waals surface area contributed by atoms with E-state index in [1.807, 2.05) is 54.6 Å². The van der Waals surface area contributed by atoms with Crippen LogP contribution in [0.3, 0.4) is 0 Å². The minimum atomic E-state index is -0.362. The maximum atomic E-state index is 12.7. The van der Waals surface area contributed by atoms with Gasteiger partial charge in [-0.15, -0.1) is 0 Å². The molecule has 0 saturated heterocycles. The van der Waals surface area contributed by atoms with Gasteiger partial charge in [0.1, 0.15) is 11.5 Å². The summed E-state index contributed by atoms with van der Waals surface area (Å²) in [5.41, 5.74) is 2.77. The van der Waals surface area contributed by atoms with Crippen LogP contribution in [0.2, 0.25) is 0 Å². The number of anilines is 2. The SMILES string of the molecule is O=C(COc1ccccc1)Nc1cccc(NC(=S)NC(=O)c2cccc(OCCc3ccccc3)c2)c1. The molecule has 4 rings (SSSR count). The molecule has 0 saturated carbocycles. The fraction of sp³-hybridized carbons (Fsp3) is 0.100. The summed E-state index contributed by atoms with van der Waals surface area (Å²) in [4.78, 5) is 25.0. The molecule has 2 amide bonds. The van der Waals surface area contributed by atoms with Gasteiger partial charge in [0.25, 0.3) is 11.8 Å². The number of thiocarbonyl (C=S) groups is 1. The number of amides is 2. The summed E-state index contributed by atoms with van der Waals surface area (Å²) >= 11 is 5.31. The molecule has 7 nitrogen and oxygen atoms in total. The monoisotopic (exact) mass is 525 g/mol. The van der Waals surface area contributed by atoms with Gasteiger partial charge >= 0.3 is 0 Å². The van der Waals surface area contributed by atoms with Crippen LogP contribution in [0.1, 0.15) is 15.9 Å². The fourth-order valence-corrected chi connectivity index (χ4v) is 3.74. The summed E-state index contributed by atoms with van der Waals surface area (Å²) in [7, 11) is 0. The van der Waals surface area contributed by atoms with Gasteiger partial charge in [-0.3, -0.25) is 14.9 Å². The van der Waals surface area contributed by atoms with Crippen LogP contribution in [-0.4, -0.2) is 30.1 Å². The van der Waals surface area contributed by atoms with Gasteiger partial charge in [-0.05, 0) is 66.3 Å². The largest absolute Gasteiger partial charge is 0.493 e. The zero-order valence-corrected chi connectivity index (χ0v) is 21.4. The average molecular weight is 526 g/mol. The molecule has 4 aromatic carbocycles. The Bertz CT molecular complexity index is 1380. The summed E-state index contributed by atoms with van der Waals surface area (Å²) in [6.07, 6.45) is 0.769. The first-order chi connectivity index (χ1) is 18.5. The van der Waals surface area contributed by atoms with Crippen LogP contribution in [0.5, 0.6) is 11.5 Å². The van der Waals surface area contributed by atoms with Crippen LogP contribution >= 0.6 is 12.2 Å². The molecule has 38 heavy (non-hydrogen) atoms. The van der Waals surface area contributed by atoms with Crippen LogP contribution in [0, 0.1) is 0 Å². The molecule has 0 aliphatic heterocycles. The normalized spacial score (nSPS) is 10.2. The Balaban J connectivity index is 1.25. The highest BCUT2D eigenvalue weighted by atomic mass is 32.1. The van der Waals surface area contributed by atoms with E-state index < -0.39 is 0 Å². The highest BCUT2D eigenvalue weighted by Crippen LogP contribution is 2.17. The van der Waals surface area contributed by atoms with Crippen LogP contribution in [0.15, 0.2) is 109 Å². The lowest BCUT2D eigenvalue weighted by Gasteiger charge is -2.12. The van der Waals surface area contributed by atoms with E-state index in [-0.39, 0.29) is 23.5 Å². The zero-order valence-electron chi connectivity index (χ0n) is 20.6. The van der Waals surface area contributed by atoms with Crippen LogP contribution in [0.4, 0.5) is 11.4 Å². The first-order valence-corrected chi connectivity index (χ1v) is 12.4. The summed E-state index contributed by atoms with van der Waals surface area (Å²) in [6.45, 7) is 0.380. The smallest absolute Gasteiger partial charge is 0.262 e. The molecule has 0 aromatic heterocycles. The Morgan fingerprint density at radius 3 is 2.11 bits per heavy atom. The van der Waals surface area contributed by atoms with Gasteiger partial charge in [-0.2, -0.15) is 0 Å². The topological polar surface area (TPSA) is 88.7 Å². The van der Waals surface area contributed by atoms with E-state index in [9.17, 15) is 9.59 Å². The Labute approximate surface area is 226 Å². The summed E-state index contributed by atoms with van der Waals surface area (Å²) in [5.74, 6) is 0.557. The Kier molecular flexibility index (Phi) is 9.42. The van der Waals surface area contributed by atoms with Crippen molar-refractivity contribution in [1.29, 1.82) is 0 Å². The summed E-state index contributed by atoms with van der Waals surface area (Å²) < 4.78 is 11.3. The first-order valence-electron chi connectivity index (χ1n) is 12.0. The predicted molar refractivity (Wildman–Crippen MR) is 153 cm³/mol. The van der Waals surface area contributed by atoms with Crippen molar-refractivity contribution in [3.8, 4) is 11.5 Å². The van der Waals surface area contributed by atoms with Gasteiger partial charge in [0, 0.05) is 23.4 Å². The van der Waals surface area contributed by atoms with Gasteiger partial charge in [0.2, 0.25) is 0 Å². The third kappa shape index (κ3) is 8.46. The number of carbonyl (C=O) groups excluding carboxylic acids is 2. The minimum absolute atomic E-state index is 0.120. The number of ether oxygens (including phenoxy) is 2. The van der Waals surface area contributed by atoms with Gasteiger partial charge in [-0.25, -0.2) is 0 Å². The van der Waals surface area contributed by atoms with E-state index >= 15 is 0 Å². The quantitative estimate of drug-likeness (QED) is 0.239. The van der Waals surface area contributed by atoms with Crippen LogP contribution < -0.4 is 25.4 Å². The number of benzene rings is 4. The van der Waals surface area contributed by atoms with Gasteiger partial charge < -0.3 is 20.1 Å². The number of para-hydroxylation sites is 1. The number of hydrogen-bond acceptors (Lipinski definition) is 5. The second kappa shape index (κ2) is 13.6. The van der Waals surface area contributed by atoms with Crippen molar-refractivity contribution in [2.45, 2.75) is 6.42 Å². The molecule has 0 unspecified atom stereocenters. The van der Waals surface area contributed by atoms with Gasteiger partial charge in [-0.1, -0.05) is 60.7 Å². The summed E-state index contributed by atoms with van der Waals surface area (Å²) in [6, 6.07) is 33.1. The minimum Gasteiger partial charge on any atom is -0.493 e. The third-order valence-corrected chi connectivity index (χ3v) is 5.55. The van der Waals surface area contributed by atoms with Crippen molar-refractivity contribution < 1.29 is 19.1 Å². The maximum Gasteiger partial charge on any atom is 0.262 e. The summed E-state index contributed by atoms with van der Waals surface area (Å²) in [5, 5.41) is 8.54. The number of nitrogens with one attached hydrogen (secondary N) is 3. The van der Waals surface area contributed by atoms with Crippen molar-refractivity contribution in [3.05, 3.63) is 120 Å². The van der Waals surface area contributed by atoms with Crippen molar-refractivity contribution in [3.63, 3.8) is 0 Å². The lowest BCUT2D eigenvalue weighted by atomic mass is 10.2. The standard InChI is InChI=1S/C30H27N3O4S/c34-28(21-37-26-14-5-2-6-15-26)31-24-12-8-13-25(20-24)32-30(38)33-29(35)23-11-7-16-27(19-23)36-18-17-22-9-3-1-4-10-22/h1-16,19-20H,17-18,21H2,(H,31,34)(H2,32,33,35,38). The molecule has 0 fully saturated rings. The lowest BCUT2D eigenvalue weighted by Crippen LogP contribution is -2.34. The Morgan fingerprint density at radius 1 is 0.684 bits per heavy atom. The molecule has 4 aromatic rings. The molecule has 0 heterocycles. The van der Waals surface area contributed by atoms with E-state index in [0.717, 1.165) is 6.42 Å². The molecule has 0 spiro atoms. The predicted octanol–water partition coefficient (Wildman–Crippen LogP) is 5.45. The van der Waals surface area contributed by atoms with E-state index in [2.05, 4.69) is 16.0 Å². The van der Waals surface area contributed by atoms with Gasteiger partial charge in [0.15, 0.2) is 11.7 Å². The maximum absolute atomic E-state index is 12.7. The zero-order chi connectivity index (χ0) is 26.6. The first kappa shape index (κ1) is 26.4. The van der Waals surface area contributed by atoms with Crippen molar-refractivity contribution >= 4 is 40.5 Å². The fourth-order valence-electron chi connectivity index (χ4n) is 3.53. The van der Waals surface area contributed by atoms with Crippen LogP contribution in [0.25, 0.3) is 0 Å². The van der Waals surface area contributed by atoms with Crippen LogP contribution in [-0.2, 0) is 11.2 Å². The molecule has 3 N–H and O–H groups in total. The highest BCUT2D eigenvalue weighted by molar-refractivity contribution is 7.80. The number of rotatable bonds is 10. The van der Waals surface area contributed by atoms with E-state index in [0.29, 0.717) is 35.0 Å². The molecular formula is C30H27N3O4S. The molecule has 0 atom stereocenters. The second-order valence-corrected chi connectivity index (χ2v) is 8.66. The Hall–Kier alpha value is -4.69. The number of hydrogen-bond donors (Lipinski definition) is 3. The van der Waals surface area contributed by atoms with Gasteiger partial charge in [0.05, 0.1) is 6.61 Å². The lowest BCUT2D eigenvalue weighted by molar-refractivity contribution is -0.118. The van der Waals surface area contributed by atoms with E-state index in [4.69, 9.17) is 21.7 Å².